The molecule has 0 heterocycles. The summed E-state index contributed by atoms with van der Waals surface area (Å²) in [6.45, 7) is 1.84. The molecule has 0 spiro atoms. The third-order valence-corrected chi connectivity index (χ3v) is 4.22. The lowest BCUT2D eigenvalue weighted by atomic mass is 9.95. The van der Waals surface area contributed by atoms with Crippen LogP contribution in [-0.4, -0.2) is 19.3 Å². The summed E-state index contributed by atoms with van der Waals surface area (Å²) in [5, 5.41) is 0. The Bertz CT molecular complexity index is 177. The van der Waals surface area contributed by atoms with Crippen LogP contribution < -0.4 is 5.73 Å². The molecule has 2 N–H and O–H groups in total. The fraction of sp³-hybridized carbons (Fsp3) is 1.00. The Balaban J connectivity index is 1.67. The summed E-state index contributed by atoms with van der Waals surface area (Å²) in [5.41, 5.74) is 5.78. The zero-order valence-electron chi connectivity index (χ0n) is 9.79. The van der Waals surface area contributed by atoms with Crippen LogP contribution in [0.4, 0.5) is 0 Å². The molecule has 2 aliphatic rings. The van der Waals surface area contributed by atoms with Gasteiger partial charge in [-0.05, 0) is 44.1 Å². The first-order valence-corrected chi connectivity index (χ1v) is 6.72. The van der Waals surface area contributed by atoms with Crippen LogP contribution in [0.1, 0.15) is 51.4 Å². The first kappa shape index (κ1) is 11.4. The molecule has 0 aromatic rings. The summed E-state index contributed by atoms with van der Waals surface area (Å²) in [4.78, 5) is 0. The quantitative estimate of drug-likeness (QED) is 0.776. The van der Waals surface area contributed by atoms with Gasteiger partial charge in [-0.1, -0.05) is 25.7 Å². The van der Waals surface area contributed by atoms with Gasteiger partial charge in [-0.15, -0.1) is 0 Å². The third-order valence-electron chi connectivity index (χ3n) is 4.22. The van der Waals surface area contributed by atoms with Gasteiger partial charge in [0.15, 0.2) is 0 Å². The maximum absolute atomic E-state index is 6.04. The lowest BCUT2D eigenvalue weighted by molar-refractivity contribution is 0.00154. The van der Waals surface area contributed by atoms with Crippen LogP contribution in [0.5, 0.6) is 0 Å². The minimum absolute atomic E-state index is 0.567. The van der Waals surface area contributed by atoms with Gasteiger partial charge in [0.1, 0.15) is 0 Å². The van der Waals surface area contributed by atoms with Gasteiger partial charge in [0.2, 0.25) is 0 Å². The minimum atomic E-state index is 0.567. The summed E-state index contributed by atoms with van der Waals surface area (Å²) in [6, 6.07) is 0. The monoisotopic (exact) mass is 211 g/mol. The molecule has 2 fully saturated rings. The fourth-order valence-corrected chi connectivity index (χ4v) is 3.13. The Morgan fingerprint density at radius 2 is 1.60 bits per heavy atom. The molecule has 15 heavy (non-hydrogen) atoms. The maximum Gasteiger partial charge on any atom is 0.0575 e. The summed E-state index contributed by atoms with van der Waals surface area (Å²) in [7, 11) is 0. The Kier molecular flexibility index (Phi) is 4.45. The molecule has 0 aromatic heterocycles. The van der Waals surface area contributed by atoms with Crippen molar-refractivity contribution < 1.29 is 4.74 Å². The summed E-state index contributed by atoms with van der Waals surface area (Å²) >= 11 is 0. The van der Waals surface area contributed by atoms with Crippen molar-refractivity contribution in [1.82, 2.24) is 0 Å². The van der Waals surface area contributed by atoms with Crippen molar-refractivity contribution in [2.75, 3.05) is 13.2 Å². The Labute approximate surface area is 93.6 Å². The fourth-order valence-electron chi connectivity index (χ4n) is 3.13. The van der Waals surface area contributed by atoms with E-state index in [0.29, 0.717) is 6.10 Å². The Morgan fingerprint density at radius 1 is 0.867 bits per heavy atom. The SMILES string of the molecule is NCC1CCCC1COC1CCCCC1. The number of nitrogens with two attached hydrogens (primary N) is 1. The summed E-state index contributed by atoms with van der Waals surface area (Å²) < 4.78 is 6.04. The predicted molar refractivity (Wildman–Crippen MR) is 62.7 cm³/mol. The molecule has 0 aromatic carbocycles. The highest BCUT2D eigenvalue weighted by molar-refractivity contribution is 4.78. The molecule has 2 heteroatoms. The van der Waals surface area contributed by atoms with Crippen molar-refractivity contribution in [3.8, 4) is 0 Å². The Hall–Kier alpha value is -0.0800. The molecule has 2 nitrogen and oxygen atoms in total. The smallest absolute Gasteiger partial charge is 0.0575 e. The van der Waals surface area contributed by atoms with Gasteiger partial charge >= 0.3 is 0 Å². The van der Waals surface area contributed by atoms with Gasteiger partial charge in [0, 0.05) is 0 Å². The van der Waals surface area contributed by atoms with Crippen molar-refractivity contribution in [3.63, 3.8) is 0 Å². The molecule has 2 saturated carbocycles. The molecule has 2 atom stereocenters. The van der Waals surface area contributed by atoms with Crippen LogP contribution in [-0.2, 0) is 4.74 Å². The average Bonchev–Trinajstić information content (AvgIpc) is 2.75. The van der Waals surface area contributed by atoms with E-state index in [-0.39, 0.29) is 0 Å². The second kappa shape index (κ2) is 5.86. The highest BCUT2D eigenvalue weighted by atomic mass is 16.5. The van der Waals surface area contributed by atoms with Crippen LogP contribution >= 0.6 is 0 Å². The first-order valence-electron chi connectivity index (χ1n) is 6.72. The number of hydrogen-bond donors (Lipinski definition) is 1. The number of rotatable bonds is 4. The minimum Gasteiger partial charge on any atom is -0.378 e. The largest absolute Gasteiger partial charge is 0.378 e. The van der Waals surface area contributed by atoms with Crippen LogP contribution in [0.25, 0.3) is 0 Å². The van der Waals surface area contributed by atoms with E-state index in [1.165, 1.54) is 51.4 Å². The molecule has 0 radical (unpaired) electrons. The zero-order chi connectivity index (χ0) is 10.5. The highest BCUT2D eigenvalue weighted by Crippen LogP contribution is 2.32. The van der Waals surface area contributed by atoms with E-state index >= 15 is 0 Å². The summed E-state index contributed by atoms with van der Waals surface area (Å²) in [5.74, 6) is 1.51. The normalized spacial score (nSPS) is 33.4. The second-order valence-electron chi connectivity index (χ2n) is 5.28. The molecule has 0 saturated heterocycles. The molecule has 2 unspecified atom stereocenters. The van der Waals surface area contributed by atoms with Crippen LogP contribution in [0.3, 0.4) is 0 Å². The third kappa shape index (κ3) is 3.18. The second-order valence-corrected chi connectivity index (χ2v) is 5.28. The van der Waals surface area contributed by atoms with Gasteiger partial charge in [0.05, 0.1) is 12.7 Å². The van der Waals surface area contributed by atoms with Gasteiger partial charge in [-0.2, -0.15) is 0 Å². The van der Waals surface area contributed by atoms with E-state index < -0.39 is 0 Å². The van der Waals surface area contributed by atoms with E-state index in [1.807, 2.05) is 0 Å². The lowest BCUT2D eigenvalue weighted by Crippen LogP contribution is -2.26. The van der Waals surface area contributed by atoms with E-state index in [0.717, 1.165) is 25.0 Å². The molecular weight excluding hydrogens is 186 g/mol. The van der Waals surface area contributed by atoms with Gasteiger partial charge in [-0.25, -0.2) is 0 Å². The van der Waals surface area contributed by atoms with Crippen molar-refractivity contribution in [2.24, 2.45) is 17.6 Å². The highest BCUT2D eigenvalue weighted by Gasteiger charge is 2.27. The van der Waals surface area contributed by atoms with Crippen molar-refractivity contribution >= 4 is 0 Å². The molecule has 88 valence electrons. The molecule has 2 rings (SSSR count). The molecule has 0 amide bonds. The van der Waals surface area contributed by atoms with Crippen molar-refractivity contribution in [1.29, 1.82) is 0 Å². The predicted octanol–water partition coefficient (Wildman–Crippen LogP) is 2.71. The summed E-state index contributed by atoms with van der Waals surface area (Å²) in [6.07, 6.45) is 11.3. The number of ether oxygens (including phenoxy) is 1. The van der Waals surface area contributed by atoms with Gasteiger partial charge in [0.25, 0.3) is 0 Å². The maximum atomic E-state index is 6.04. The first-order chi connectivity index (χ1) is 7.40. The van der Waals surface area contributed by atoms with E-state index in [2.05, 4.69) is 0 Å². The zero-order valence-corrected chi connectivity index (χ0v) is 9.79. The van der Waals surface area contributed by atoms with Crippen LogP contribution in [0, 0.1) is 11.8 Å². The van der Waals surface area contributed by atoms with E-state index in [4.69, 9.17) is 10.5 Å². The van der Waals surface area contributed by atoms with Gasteiger partial charge in [-0.3, -0.25) is 0 Å². The topological polar surface area (TPSA) is 35.2 Å². The Morgan fingerprint density at radius 3 is 2.33 bits per heavy atom. The number of hydrogen-bond acceptors (Lipinski definition) is 2. The van der Waals surface area contributed by atoms with Crippen molar-refractivity contribution in [3.05, 3.63) is 0 Å². The molecular formula is C13H25NO. The molecule has 0 aliphatic heterocycles. The van der Waals surface area contributed by atoms with Gasteiger partial charge < -0.3 is 10.5 Å². The average molecular weight is 211 g/mol. The van der Waals surface area contributed by atoms with E-state index in [9.17, 15) is 0 Å². The standard InChI is InChI=1S/C13H25NO/c14-9-11-5-4-6-12(11)10-15-13-7-2-1-3-8-13/h11-13H,1-10,14H2. The van der Waals surface area contributed by atoms with Crippen LogP contribution in [0.15, 0.2) is 0 Å². The van der Waals surface area contributed by atoms with Crippen LogP contribution in [0.2, 0.25) is 0 Å². The molecule has 0 bridgehead atoms. The van der Waals surface area contributed by atoms with E-state index in [1.54, 1.807) is 0 Å². The van der Waals surface area contributed by atoms with Crippen molar-refractivity contribution in [2.45, 2.75) is 57.5 Å². The lowest BCUT2D eigenvalue weighted by Gasteiger charge is -2.25. The molecule has 2 aliphatic carbocycles.